The van der Waals surface area contributed by atoms with E-state index >= 15 is 0 Å². The second-order valence-corrected chi connectivity index (χ2v) is 4.65. The number of H-pyrrole nitrogens is 1. The number of nitrogens with one attached hydrogen (secondary N) is 1. The maximum Gasteiger partial charge on any atom is 0.121 e. The minimum Gasteiger partial charge on any atom is -0.395 e. The minimum absolute atomic E-state index is 0.250. The van der Waals surface area contributed by atoms with Gasteiger partial charge in [0.05, 0.1) is 24.2 Å². The molecular weight excluding hydrogens is 214 g/mol. The van der Waals surface area contributed by atoms with Gasteiger partial charge in [-0.05, 0) is 31.5 Å². The van der Waals surface area contributed by atoms with Crippen molar-refractivity contribution >= 4 is 11.0 Å². The van der Waals surface area contributed by atoms with Gasteiger partial charge in [-0.15, -0.1) is 0 Å². The molecule has 4 heteroatoms. The van der Waals surface area contributed by atoms with Crippen molar-refractivity contribution in [2.24, 2.45) is 0 Å². The zero-order valence-electron chi connectivity index (χ0n) is 9.76. The van der Waals surface area contributed by atoms with Gasteiger partial charge in [-0.3, -0.25) is 4.90 Å². The maximum absolute atomic E-state index is 9.28. The third-order valence-corrected chi connectivity index (χ3v) is 3.50. The standard InChI is InChI=1S/C13H17N3O/c17-9-10-4-3-7-16(10)8-13-14-11-5-1-2-6-12(11)15-13/h1-2,5-6,10,17H,3-4,7-9H2,(H,14,15)/t10-/m1/s1. The number of para-hydroxylation sites is 2. The van der Waals surface area contributed by atoms with E-state index in [1.165, 1.54) is 6.42 Å². The van der Waals surface area contributed by atoms with E-state index in [-0.39, 0.29) is 6.61 Å². The molecule has 3 rings (SSSR count). The predicted octanol–water partition coefficient (Wildman–Crippen LogP) is 1.52. The van der Waals surface area contributed by atoms with E-state index in [0.29, 0.717) is 6.04 Å². The van der Waals surface area contributed by atoms with E-state index in [9.17, 15) is 5.11 Å². The van der Waals surface area contributed by atoms with Crippen LogP contribution in [-0.2, 0) is 6.54 Å². The number of imidazole rings is 1. The average Bonchev–Trinajstić information content (AvgIpc) is 2.94. The molecule has 1 saturated heterocycles. The lowest BCUT2D eigenvalue weighted by Gasteiger charge is -2.21. The zero-order chi connectivity index (χ0) is 11.7. The minimum atomic E-state index is 0.250. The molecule has 17 heavy (non-hydrogen) atoms. The average molecular weight is 231 g/mol. The Morgan fingerprint density at radius 2 is 2.29 bits per heavy atom. The van der Waals surface area contributed by atoms with Crippen LogP contribution in [0.5, 0.6) is 0 Å². The van der Waals surface area contributed by atoms with Crippen LogP contribution in [0.15, 0.2) is 24.3 Å². The number of rotatable bonds is 3. The lowest BCUT2D eigenvalue weighted by Crippen LogP contribution is -2.31. The summed E-state index contributed by atoms with van der Waals surface area (Å²) >= 11 is 0. The first-order chi connectivity index (χ1) is 8.36. The molecule has 0 aliphatic carbocycles. The summed E-state index contributed by atoms with van der Waals surface area (Å²) in [7, 11) is 0. The summed E-state index contributed by atoms with van der Waals surface area (Å²) < 4.78 is 0. The van der Waals surface area contributed by atoms with Crippen LogP contribution in [0.25, 0.3) is 11.0 Å². The van der Waals surface area contributed by atoms with Crippen LogP contribution in [0.4, 0.5) is 0 Å². The maximum atomic E-state index is 9.28. The van der Waals surface area contributed by atoms with Gasteiger partial charge >= 0.3 is 0 Å². The number of likely N-dealkylation sites (tertiary alicyclic amines) is 1. The molecule has 2 N–H and O–H groups in total. The first kappa shape index (κ1) is 10.7. The Hall–Kier alpha value is -1.39. The molecule has 0 unspecified atom stereocenters. The highest BCUT2D eigenvalue weighted by Gasteiger charge is 2.24. The van der Waals surface area contributed by atoms with E-state index in [1.807, 2.05) is 24.3 Å². The highest BCUT2D eigenvalue weighted by atomic mass is 16.3. The van der Waals surface area contributed by atoms with E-state index in [0.717, 1.165) is 36.4 Å². The Morgan fingerprint density at radius 3 is 3.12 bits per heavy atom. The Kier molecular flexibility index (Phi) is 2.82. The third kappa shape index (κ3) is 2.06. The Labute approximate surface area is 100 Å². The van der Waals surface area contributed by atoms with E-state index in [4.69, 9.17) is 0 Å². The smallest absolute Gasteiger partial charge is 0.121 e. The van der Waals surface area contributed by atoms with E-state index < -0.39 is 0 Å². The number of aromatic nitrogens is 2. The lowest BCUT2D eigenvalue weighted by atomic mass is 10.2. The molecule has 2 heterocycles. The second-order valence-electron chi connectivity index (χ2n) is 4.65. The Morgan fingerprint density at radius 1 is 1.41 bits per heavy atom. The molecule has 0 radical (unpaired) electrons. The van der Waals surface area contributed by atoms with Gasteiger partial charge in [0.25, 0.3) is 0 Å². The highest BCUT2D eigenvalue weighted by Crippen LogP contribution is 2.19. The SMILES string of the molecule is OC[C@H]1CCCN1Cc1nc2ccccc2[nH]1. The van der Waals surface area contributed by atoms with E-state index in [2.05, 4.69) is 14.9 Å². The Balaban J connectivity index is 1.80. The summed E-state index contributed by atoms with van der Waals surface area (Å²) in [5.41, 5.74) is 2.10. The molecule has 1 aliphatic rings. The number of aliphatic hydroxyl groups is 1. The van der Waals surface area contributed by atoms with Gasteiger partial charge in [0, 0.05) is 6.04 Å². The van der Waals surface area contributed by atoms with Crippen molar-refractivity contribution in [3.05, 3.63) is 30.1 Å². The van der Waals surface area contributed by atoms with Crippen molar-refractivity contribution in [3.63, 3.8) is 0 Å². The summed E-state index contributed by atoms with van der Waals surface area (Å²) in [6, 6.07) is 8.38. The molecule has 1 aromatic carbocycles. The van der Waals surface area contributed by atoms with Crippen LogP contribution in [-0.4, -0.2) is 39.2 Å². The molecule has 0 spiro atoms. The highest BCUT2D eigenvalue weighted by molar-refractivity contribution is 5.74. The van der Waals surface area contributed by atoms with Crippen LogP contribution < -0.4 is 0 Å². The number of benzene rings is 1. The molecule has 2 aromatic rings. The molecule has 0 bridgehead atoms. The third-order valence-electron chi connectivity index (χ3n) is 3.50. The fraction of sp³-hybridized carbons (Fsp3) is 0.462. The fourth-order valence-corrected chi connectivity index (χ4v) is 2.58. The van der Waals surface area contributed by atoms with Crippen LogP contribution in [0.1, 0.15) is 18.7 Å². The zero-order valence-corrected chi connectivity index (χ0v) is 9.76. The van der Waals surface area contributed by atoms with Crippen molar-refractivity contribution < 1.29 is 5.11 Å². The molecule has 90 valence electrons. The molecule has 0 amide bonds. The second kappa shape index (κ2) is 4.47. The molecule has 1 aliphatic heterocycles. The summed E-state index contributed by atoms with van der Waals surface area (Å²) in [6.45, 7) is 2.11. The van der Waals surface area contributed by atoms with Crippen LogP contribution in [0.3, 0.4) is 0 Å². The number of nitrogens with zero attached hydrogens (tertiary/aromatic N) is 2. The predicted molar refractivity (Wildman–Crippen MR) is 66.6 cm³/mol. The number of fused-ring (bicyclic) bond motifs is 1. The van der Waals surface area contributed by atoms with Crippen LogP contribution >= 0.6 is 0 Å². The van der Waals surface area contributed by atoms with Crippen LogP contribution in [0.2, 0.25) is 0 Å². The topological polar surface area (TPSA) is 52.1 Å². The number of hydrogen-bond donors (Lipinski definition) is 2. The van der Waals surface area contributed by atoms with Gasteiger partial charge in [0.15, 0.2) is 0 Å². The summed E-state index contributed by atoms with van der Waals surface area (Å²) in [5, 5.41) is 9.28. The van der Waals surface area contributed by atoms with Crippen molar-refractivity contribution in [1.82, 2.24) is 14.9 Å². The fourth-order valence-electron chi connectivity index (χ4n) is 2.58. The molecule has 4 nitrogen and oxygen atoms in total. The molecule has 1 aromatic heterocycles. The summed E-state index contributed by atoms with van der Waals surface area (Å²) in [5.74, 6) is 0.992. The van der Waals surface area contributed by atoms with E-state index in [1.54, 1.807) is 0 Å². The van der Waals surface area contributed by atoms with Gasteiger partial charge in [0.2, 0.25) is 0 Å². The van der Waals surface area contributed by atoms with Crippen molar-refractivity contribution in [2.45, 2.75) is 25.4 Å². The quantitative estimate of drug-likeness (QED) is 0.842. The largest absolute Gasteiger partial charge is 0.395 e. The van der Waals surface area contributed by atoms with Gasteiger partial charge in [-0.25, -0.2) is 4.98 Å². The molecule has 1 atom stereocenters. The number of hydrogen-bond acceptors (Lipinski definition) is 3. The normalized spacial score (nSPS) is 21.4. The van der Waals surface area contributed by atoms with Crippen molar-refractivity contribution in [1.29, 1.82) is 0 Å². The molecule has 0 saturated carbocycles. The summed E-state index contributed by atoms with van der Waals surface area (Å²) in [6.07, 6.45) is 2.27. The first-order valence-electron chi connectivity index (χ1n) is 6.15. The first-order valence-corrected chi connectivity index (χ1v) is 6.15. The number of aromatic amines is 1. The lowest BCUT2D eigenvalue weighted by molar-refractivity contribution is 0.151. The van der Waals surface area contributed by atoms with Crippen molar-refractivity contribution in [3.8, 4) is 0 Å². The van der Waals surface area contributed by atoms with Crippen molar-refractivity contribution in [2.75, 3.05) is 13.2 Å². The van der Waals surface area contributed by atoms with Crippen LogP contribution in [0, 0.1) is 0 Å². The van der Waals surface area contributed by atoms with Gasteiger partial charge in [-0.1, -0.05) is 12.1 Å². The van der Waals surface area contributed by atoms with Gasteiger partial charge in [0.1, 0.15) is 5.82 Å². The summed E-state index contributed by atoms with van der Waals surface area (Å²) in [4.78, 5) is 10.2. The molecular formula is C13H17N3O. The number of aliphatic hydroxyl groups excluding tert-OH is 1. The monoisotopic (exact) mass is 231 g/mol. The van der Waals surface area contributed by atoms with Gasteiger partial charge in [-0.2, -0.15) is 0 Å². The molecule has 1 fully saturated rings. The Bertz CT molecular complexity index is 475. The van der Waals surface area contributed by atoms with Gasteiger partial charge < -0.3 is 10.1 Å².